The van der Waals surface area contributed by atoms with Gasteiger partial charge < -0.3 is 5.32 Å². The van der Waals surface area contributed by atoms with E-state index in [2.05, 4.69) is 25.4 Å². The summed E-state index contributed by atoms with van der Waals surface area (Å²) in [5.74, 6) is -1.96. The van der Waals surface area contributed by atoms with Crippen LogP contribution in [0.4, 0.5) is 19.0 Å². The van der Waals surface area contributed by atoms with Crippen LogP contribution in [0.1, 0.15) is 27.0 Å². The van der Waals surface area contributed by atoms with Gasteiger partial charge in [0.2, 0.25) is 0 Å². The molecule has 120 valence electrons. The van der Waals surface area contributed by atoms with Crippen LogP contribution in [0.25, 0.3) is 5.78 Å². The number of fused-ring (bicyclic) bond motifs is 1. The Bertz CT molecular complexity index is 900. The molecule has 23 heavy (non-hydrogen) atoms. The summed E-state index contributed by atoms with van der Waals surface area (Å²) in [6, 6.07) is 1.40. The summed E-state index contributed by atoms with van der Waals surface area (Å²) in [4.78, 5) is 23.3. The zero-order valence-corrected chi connectivity index (χ0v) is 12.7. The minimum Gasteiger partial charge on any atom is -0.305 e. The third kappa shape index (κ3) is 2.99. The molecule has 0 bridgehead atoms. The van der Waals surface area contributed by atoms with E-state index >= 15 is 0 Å². The molecule has 3 rings (SSSR count). The zero-order valence-electron chi connectivity index (χ0n) is 11.8. The van der Waals surface area contributed by atoms with Crippen molar-refractivity contribution in [2.75, 3.05) is 5.32 Å². The number of anilines is 1. The molecular weight excluding hydrogens is 333 g/mol. The first-order valence-corrected chi connectivity index (χ1v) is 7.17. The van der Waals surface area contributed by atoms with Crippen LogP contribution in [-0.4, -0.2) is 30.5 Å². The van der Waals surface area contributed by atoms with Gasteiger partial charge in [-0.05, 0) is 13.8 Å². The molecular formula is C12H9F3N6OS. The summed E-state index contributed by atoms with van der Waals surface area (Å²) in [6.07, 6.45) is -4.67. The van der Waals surface area contributed by atoms with E-state index < -0.39 is 17.9 Å². The lowest BCUT2D eigenvalue weighted by Crippen LogP contribution is -2.14. The molecule has 0 aliphatic rings. The second-order valence-corrected chi connectivity index (χ2v) is 5.70. The number of alkyl halides is 3. The standard InChI is InChI=1S/C12H9F3N6OS/c1-5-3-8(17-9(22)7-4-23-6(2)16-7)18-11-19-10(12(13,14)15)20-21(5)11/h3-4H,1-2H3,(H,17,18,19,20,22). The monoisotopic (exact) mass is 342 g/mol. The largest absolute Gasteiger partial charge is 0.453 e. The zero-order chi connectivity index (χ0) is 16.8. The third-order valence-electron chi connectivity index (χ3n) is 2.84. The molecule has 0 atom stereocenters. The van der Waals surface area contributed by atoms with Gasteiger partial charge in [0, 0.05) is 17.1 Å². The maximum absolute atomic E-state index is 12.6. The number of thiazole rings is 1. The Labute approximate surface area is 131 Å². The van der Waals surface area contributed by atoms with Gasteiger partial charge in [-0.25, -0.2) is 9.50 Å². The number of carbonyl (C=O) groups is 1. The van der Waals surface area contributed by atoms with Crippen molar-refractivity contribution in [1.29, 1.82) is 0 Å². The average Bonchev–Trinajstić information content (AvgIpc) is 3.04. The van der Waals surface area contributed by atoms with Gasteiger partial charge in [-0.1, -0.05) is 0 Å². The Morgan fingerprint density at radius 1 is 1.26 bits per heavy atom. The van der Waals surface area contributed by atoms with E-state index in [0.29, 0.717) is 5.69 Å². The van der Waals surface area contributed by atoms with Crippen LogP contribution in [0.2, 0.25) is 0 Å². The lowest BCUT2D eigenvalue weighted by molar-refractivity contribution is -0.144. The van der Waals surface area contributed by atoms with Gasteiger partial charge in [-0.2, -0.15) is 23.1 Å². The highest BCUT2D eigenvalue weighted by molar-refractivity contribution is 7.09. The average molecular weight is 342 g/mol. The van der Waals surface area contributed by atoms with Crippen molar-refractivity contribution in [3.63, 3.8) is 0 Å². The number of nitrogens with zero attached hydrogens (tertiary/aromatic N) is 5. The molecule has 7 nitrogen and oxygen atoms in total. The van der Waals surface area contributed by atoms with Crippen molar-refractivity contribution < 1.29 is 18.0 Å². The summed E-state index contributed by atoms with van der Waals surface area (Å²) >= 11 is 1.31. The van der Waals surface area contributed by atoms with Crippen molar-refractivity contribution in [2.24, 2.45) is 0 Å². The first kappa shape index (κ1) is 15.3. The van der Waals surface area contributed by atoms with Gasteiger partial charge >= 0.3 is 6.18 Å². The van der Waals surface area contributed by atoms with Crippen LogP contribution in [0.15, 0.2) is 11.4 Å². The van der Waals surface area contributed by atoms with Crippen LogP contribution in [0.5, 0.6) is 0 Å². The highest BCUT2D eigenvalue weighted by Gasteiger charge is 2.36. The van der Waals surface area contributed by atoms with Crippen molar-refractivity contribution >= 4 is 28.8 Å². The molecule has 0 aliphatic heterocycles. The quantitative estimate of drug-likeness (QED) is 0.773. The van der Waals surface area contributed by atoms with Gasteiger partial charge in [0.1, 0.15) is 11.5 Å². The summed E-state index contributed by atoms with van der Waals surface area (Å²) in [7, 11) is 0. The van der Waals surface area contributed by atoms with Crippen molar-refractivity contribution in [3.8, 4) is 0 Å². The molecule has 0 unspecified atom stereocenters. The van der Waals surface area contributed by atoms with Crippen LogP contribution >= 0.6 is 11.3 Å². The van der Waals surface area contributed by atoms with E-state index in [1.807, 2.05) is 0 Å². The first-order chi connectivity index (χ1) is 10.7. The van der Waals surface area contributed by atoms with Crippen LogP contribution < -0.4 is 5.32 Å². The first-order valence-electron chi connectivity index (χ1n) is 6.29. The Balaban J connectivity index is 1.94. The molecule has 0 aliphatic carbocycles. The minimum atomic E-state index is -4.67. The number of hydrogen-bond acceptors (Lipinski definition) is 6. The highest BCUT2D eigenvalue weighted by atomic mass is 32.1. The minimum absolute atomic E-state index is 0.0757. The fraction of sp³-hybridized carbons (Fsp3) is 0.250. The van der Waals surface area contributed by atoms with Crippen molar-refractivity contribution in [2.45, 2.75) is 20.0 Å². The Morgan fingerprint density at radius 2 is 2.00 bits per heavy atom. The summed E-state index contributed by atoms with van der Waals surface area (Å²) in [6.45, 7) is 3.29. The van der Waals surface area contributed by atoms with Crippen molar-refractivity contribution in [3.05, 3.63) is 33.7 Å². The molecule has 3 aromatic rings. The van der Waals surface area contributed by atoms with E-state index in [4.69, 9.17) is 0 Å². The predicted octanol–water partition coefficient (Wildman–Crippen LogP) is 2.47. The third-order valence-corrected chi connectivity index (χ3v) is 3.61. The van der Waals surface area contributed by atoms with Gasteiger partial charge in [0.15, 0.2) is 0 Å². The molecule has 0 saturated heterocycles. The molecule has 0 fully saturated rings. The van der Waals surface area contributed by atoms with Crippen molar-refractivity contribution in [1.82, 2.24) is 24.6 Å². The molecule has 0 spiro atoms. The highest BCUT2D eigenvalue weighted by Crippen LogP contribution is 2.26. The van der Waals surface area contributed by atoms with E-state index in [0.717, 1.165) is 9.52 Å². The van der Waals surface area contributed by atoms with E-state index in [1.165, 1.54) is 24.3 Å². The van der Waals surface area contributed by atoms with Gasteiger partial charge in [0.25, 0.3) is 17.5 Å². The molecule has 0 aromatic carbocycles. The topological polar surface area (TPSA) is 85.1 Å². The normalized spacial score (nSPS) is 11.9. The fourth-order valence-electron chi connectivity index (χ4n) is 1.84. The number of carbonyl (C=O) groups excluding carboxylic acids is 1. The number of hydrogen-bond donors (Lipinski definition) is 1. The summed E-state index contributed by atoms with van der Waals surface area (Å²) in [5, 5.41) is 8.15. The molecule has 1 N–H and O–H groups in total. The number of halogens is 3. The molecule has 0 radical (unpaired) electrons. The van der Waals surface area contributed by atoms with Crippen LogP contribution in [-0.2, 0) is 6.18 Å². The van der Waals surface area contributed by atoms with E-state index in [9.17, 15) is 18.0 Å². The number of nitrogens with one attached hydrogen (secondary N) is 1. The summed E-state index contributed by atoms with van der Waals surface area (Å²) in [5.41, 5.74) is 0.562. The Kier molecular flexibility index (Phi) is 3.51. The predicted molar refractivity (Wildman–Crippen MR) is 75.3 cm³/mol. The molecule has 3 aromatic heterocycles. The fourth-order valence-corrected chi connectivity index (χ4v) is 2.44. The molecule has 11 heteroatoms. The number of amides is 1. The molecule has 3 heterocycles. The second kappa shape index (κ2) is 5.26. The SMILES string of the molecule is Cc1nc(C(=O)Nc2cc(C)n3nc(C(F)(F)F)nc3n2)cs1. The van der Waals surface area contributed by atoms with Gasteiger partial charge in [0.05, 0.1) is 5.01 Å². The van der Waals surface area contributed by atoms with E-state index in [1.54, 1.807) is 12.3 Å². The summed E-state index contributed by atoms with van der Waals surface area (Å²) < 4.78 is 38.9. The Morgan fingerprint density at radius 3 is 2.61 bits per heavy atom. The maximum Gasteiger partial charge on any atom is 0.453 e. The molecule has 1 amide bonds. The Hall–Kier alpha value is -2.56. The van der Waals surface area contributed by atoms with Gasteiger partial charge in [-0.3, -0.25) is 4.79 Å². The lowest BCUT2D eigenvalue weighted by Gasteiger charge is -2.04. The number of rotatable bonds is 2. The smallest absolute Gasteiger partial charge is 0.305 e. The molecule has 0 saturated carbocycles. The van der Waals surface area contributed by atoms with Crippen LogP contribution in [0, 0.1) is 13.8 Å². The van der Waals surface area contributed by atoms with E-state index in [-0.39, 0.29) is 17.3 Å². The number of aromatic nitrogens is 5. The van der Waals surface area contributed by atoms with Crippen LogP contribution in [0.3, 0.4) is 0 Å². The number of aryl methyl sites for hydroxylation is 2. The van der Waals surface area contributed by atoms with Gasteiger partial charge in [-0.15, -0.1) is 16.4 Å². The second-order valence-electron chi connectivity index (χ2n) is 4.63. The maximum atomic E-state index is 12.6. The lowest BCUT2D eigenvalue weighted by atomic mass is 10.4.